The minimum atomic E-state index is 0.709. The van der Waals surface area contributed by atoms with Crippen LogP contribution in [0.5, 0.6) is 0 Å². The van der Waals surface area contributed by atoms with Crippen LogP contribution in [0, 0.1) is 6.92 Å². The summed E-state index contributed by atoms with van der Waals surface area (Å²) in [5, 5.41) is 3.28. The van der Waals surface area contributed by atoms with E-state index in [1.165, 1.54) is 32.2 Å². The zero-order valence-corrected chi connectivity index (χ0v) is 12.4. The molecule has 106 valence electrons. The van der Waals surface area contributed by atoms with Crippen LogP contribution in [0.4, 0.5) is 5.82 Å². The molecule has 2 heterocycles. The number of hydrogen-bond acceptors (Lipinski definition) is 4. The van der Waals surface area contributed by atoms with Gasteiger partial charge < -0.3 is 5.32 Å². The predicted molar refractivity (Wildman–Crippen MR) is 79.3 cm³/mol. The van der Waals surface area contributed by atoms with Gasteiger partial charge in [-0.3, -0.25) is 4.90 Å². The van der Waals surface area contributed by atoms with Crippen molar-refractivity contribution < 1.29 is 0 Å². The van der Waals surface area contributed by atoms with Crippen LogP contribution in [0.3, 0.4) is 0 Å². The molecule has 2 rings (SSSR count). The van der Waals surface area contributed by atoms with Crippen LogP contribution in [0.2, 0.25) is 0 Å². The Morgan fingerprint density at radius 3 is 2.89 bits per heavy atom. The molecule has 4 nitrogen and oxygen atoms in total. The Kier molecular flexibility index (Phi) is 5.14. The summed E-state index contributed by atoms with van der Waals surface area (Å²) < 4.78 is 0. The fourth-order valence-corrected chi connectivity index (χ4v) is 2.88. The average Bonchev–Trinajstić information content (AvgIpc) is 2.39. The van der Waals surface area contributed by atoms with Crippen molar-refractivity contribution in [2.24, 2.45) is 0 Å². The van der Waals surface area contributed by atoms with Crippen LogP contribution in [0.25, 0.3) is 0 Å². The SMILES string of the molecule is CCNc1cc(C)nc(CN2CCCCC2CC)n1. The Morgan fingerprint density at radius 2 is 2.16 bits per heavy atom. The first-order chi connectivity index (χ1) is 9.22. The molecule has 1 atom stereocenters. The predicted octanol–water partition coefficient (Wildman–Crippen LogP) is 2.98. The third kappa shape index (κ3) is 3.90. The fourth-order valence-electron chi connectivity index (χ4n) is 2.88. The lowest BCUT2D eigenvalue weighted by Crippen LogP contribution is -2.38. The number of nitrogens with zero attached hydrogens (tertiary/aromatic N) is 3. The topological polar surface area (TPSA) is 41.1 Å². The molecule has 1 aliphatic heterocycles. The van der Waals surface area contributed by atoms with Crippen molar-refractivity contribution in [3.63, 3.8) is 0 Å². The molecule has 1 unspecified atom stereocenters. The Labute approximate surface area is 116 Å². The zero-order valence-electron chi connectivity index (χ0n) is 12.4. The van der Waals surface area contributed by atoms with Gasteiger partial charge in [0.2, 0.25) is 0 Å². The molecule has 0 amide bonds. The van der Waals surface area contributed by atoms with Gasteiger partial charge in [0.1, 0.15) is 11.6 Å². The first-order valence-electron chi connectivity index (χ1n) is 7.55. The van der Waals surface area contributed by atoms with E-state index in [2.05, 4.69) is 34.0 Å². The maximum Gasteiger partial charge on any atom is 0.144 e. The minimum absolute atomic E-state index is 0.709. The van der Waals surface area contributed by atoms with Gasteiger partial charge in [0.05, 0.1) is 6.54 Å². The molecule has 1 N–H and O–H groups in total. The summed E-state index contributed by atoms with van der Waals surface area (Å²) in [6.45, 7) is 9.39. The molecule has 4 heteroatoms. The van der Waals surface area contributed by atoms with Gasteiger partial charge in [-0.2, -0.15) is 0 Å². The quantitative estimate of drug-likeness (QED) is 0.885. The van der Waals surface area contributed by atoms with Gasteiger partial charge in [0, 0.05) is 24.3 Å². The summed E-state index contributed by atoms with van der Waals surface area (Å²) in [5.74, 6) is 1.91. The van der Waals surface area contributed by atoms with E-state index in [9.17, 15) is 0 Å². The van der Waals surface area contributed by atoms with Crippen LogP contribution in [-0.4, -0.2) is 34.0 Å². The van der Waals surface area contributed by atoms with Gasteiger partial charge >= 0.3 is 0 Å². The lowest BCUT2D eigenvalue weighted by molar-refractivity contribution is 0.132. The summed E-state index contributed by atoms with van der Waals surface area (Å²) >= 11 is 0. The molecule has 1 aromatic heterocycles. The normalized spacial score (nSPS) is 20.5. The summed E-state index contributed by atoms with van der Waals surface area (Å²) in [5.41, 5.74) is 1.05. The number of rotatable bonds is 5. The van der Waals surface area contributed by atoms with E-state index in [4.69, 9.17) is 0 Å². The highest BCUT2D eigenvalue weighted by molar-refractivity contribution is 5.35. The Hall–Kier alpha value is -1.16. The smallest absolute Gasteiger partial charge is 0.144 e. The van der Waals surface area contributed by atoms with Crippen molar-refractivity contribution in [3.05, 3.63) is 17.6 Å². The van der Waals surface area contributed by atoms with Crippen molar-refractivity contribution in [1.82, 2.24) is 14.9 Å². The van der Waals surface area contributed by atoms with Crippen molar-refractivity contribution in [2.75, 3.05) is 18.4 Å². The summed E-state index contributed by atoms with van der Waals surface area (Å²) in [6, 6.07) is 2.72. The van der Waals surface area contributed by atoms with Gasteiger partial charge in [0.25, 0.3) is 0 Å². The Morgan fingerprint density at radius 1 is 1.32 bits per heavy atom. The van der Waals surface area contributed by atoms with E-state index >= 15 is 0 Å². The standard InChI is InChI=1S/C15H26N4/c1-4-13-8-6-7-9-19(13)11-15-17-12(3)10-14(18-15)16-5-2/h10,13H,4-9,11H2,1-3H3,(H,16,17,18). The molecule has 0 radical (unpaired) electrons. The second kappa shape index (κ2) is 6.85. The van der Waals surface area contributed by atoms with E-state index in [1.807, 2.05) is 13.0 Å². The molecule has 1 fully saturated rings. The second-order valence-corrected chi connectivity index (χ2v) is 5.37. The van der Waals surface area contributed by atoms with Crippen molar-refractivity contribution in [1.29, 1.82) is 0 Å². The van der Waals surface area contributed by atoms with E-state index < -0.39 is 0 Å². The Balaban J connectivity index is 2.08. The second-order valence-electron chi connectivity index (χ2n) is 5.37. The van der Waals surface area contributed by atoms with Crippen LogP contribution in [0.15, 0.2) is 6.07 Å². The van der Waals surface area contributed by atoms with E-state index in [0.717, 1.165) is 30.4 Å². The molecule has 1 aliphatic rings. The summed E-state index contributed by atoms with van der Waals surface area (Å²) in [4.78, 5) is 11.8. The monoisotopic (exact) mass is 262 g/mol. The number of aromatic nitrogens is 2. The third-order valence-electron chi connectivity index (χ3n) is 3.82. The van der Waals surface area contributed by atoms with Gasteiger partial charge in [-0.25, -0.2) is 9.97 Å². The maximum atomic E-state index is 4.62. The van der Waals surface area contributed by atoms with Gasteiger partial charge in [0.15, 0.2) is 0 Å². The fraction of sp³-hybridized carbons (Fsp3) is 0.733. The molecule has 0 saturated carbocycles. The van der Waals surface area contributed by atoms with E-state index in [-0.39, 0.29) is 0 Å². The van der Waals surface area contributed by atoms with Crippen LogP contribution in [-0.2, 0) is 6.54 Å². The first-order valence-corrected chi connectivity index (χ1v) is 7.55. The average molecular weight is 262 g/mol. The number of anilines is 1. The van der Waals surface area contributed by atoms with Gasteiger partial charge in [-0.05, 0) is 39.7 Å². The number of hydrogen-bond donors (Lipinski definition) is 1. The number of aryl methyl sites for hydroxylation is 1. The van der Waals surface area contributed by atoms with Crippen LogP contribution < -0.4 is 5.32 Å². The van der Waals surface area contributed by atoms with Crippen molar-refractivity contribution in [3.8, 4) is 0 Å². The largest absolute Gasteiger partial charge is 0.370 e. The lowest BCUT2D eigenvalue weighted by Gasteiger charge is -2.34. The molecule has 0 aliphatic carbocycles. The zero-order chi connectivity index (χ0) is 13.7. The summed E-state index contributed by atoms with van der Waals surface area (Å²) in [6.07, 6.45) is 5.23. The molecular formula is C15H26N4. The number of piperidine rings is 1. The van der Waals surface area contributed by atoms with Crippen LogP contribution in [0.1, 0.15) is 51.0 Å². The number of nitrogens with one attached hydrogen (secondary N) is 1. The minimum Gasteiger partial charge on any atom is -0.370 e. The Bertz CT molecular complexity index is 405. The van der Waals surface area contributed by atoms with Crippen molar-refractivity contribution in [2.45, 2.75) is 59.0 Å². The molecule has 1 saturated heterocycles. The highest BCUT2D eigenvalue weighted by atomic mass is 15.2. The molecule has 0 aromatic carbocycles. The van der Waals surface area contributed by atoms with Gasteiger partial charge in [-0.15, -0.1) is 0 Å². The first kappa shape index (κ1) is 14.3. The van der Waals surface area contributed by atoms with E-state index in [1.54, 1.807) is 0 Å². The van der Waals surface area contributed by atoms with E-state index in [0.29, 0.717) is 6.04 Å². The summed E-state index contributed by atoms with van der Waals surface area (Å²) in [7, 11) is 0. The highest BCUT2D eigenvalue weighted by Gasteiger charge is 2.21. The molecule has 0 bridgehead atoms. The lowest BCUT2D eigenvalue weighted by atomic mass is 10.00. The van der Waals surface area contributed by atoms with Crippen molar-refractivity contribution >= 4 is 5.82 Å². The highest BCUT2D eigenvalue weighted by Crippen LogP contribution is 2.21. The molecular weight excluding hydrogens is 236 g/mol. The molecule has 0 spiro atoms. The number of likely N-dealkylation sites (tertiary alicyclic amines) is 1. The third-order valence-corrected chi connectivity index (χ3v) is 3.82. The van der Waals surface area contributed by atoms with Gasteiger partial charge in [-0.1, -0.05) is 13.3 Å². The molecule has 1 aromatic rings. The maximum absolute atomic E-state index is 4.62. The van der Waals surface area contributed by atoms with Crippen LogP contribution >= 0.6 is 0 Å². The molecule has 19 heavy (non-hydrogen) atoms.